The van der Waals surface area contributed by atoms with Gasteiger partial charge in [0.15, 0.2) is 11.2 Å². The molecule has 0 aliphatic rings. The third-order valence-corrected chi connectivity index (χ3v) is 3.08. The van der Waals surface area contributed by atoms with Crippen LogP contribution in [0.25, 0.3) is 0 Å². The third kappa shape index (κ3) is 8.92. The number of hydrogen-bond donors (Lipinski definition) is 1. The van der Waals surface area contributed by atoms with Gasteiger partial charge in [-0.25, -0.2) is 0 Å². The summed E-state index contributed by atoms with van der Waals surface area (Å²) in [6, 6.07) is 0. The fraction of sp³-hybridized carbons (Fsp3) is 1.00. The predicted octanol–water partition coefficient (Wildman–Crippen LogP) is 3.53. The van der Waals surface area contributed by atoms with E-state index < -0.39 is 7.30 Å². The summed E-state index contributed by atoms with van der Waals surface area (Å²) in [6.07, 6.45) is 3.83. The van der Waals surface area contributed by atoms with Gasteiger partial charge in [-0.15, -0.1) is 0 Å². The summed E-state index contributed by atoms with van der Waals surface area (Å²) in [7, 11) is -3.03. The molecule has 0 atom stereocenters. The van der Waals surface area contributed by atoms with E-state index in [1.807, 2.05) is 13.8 Å². The van der Waals surface area contributed by atoms with Crippen molar-refractivity contribution in [3.8, 4) is 0 Å². The van der Waals surface area contributed by atoms with E-state index in [1.54, 1.807) is 0 Å². The molecule has 0 amide bonds. The number of hydrogen-bond acceptors (Lipinski definition) is 3. The Labute approximate surface area is 85.8 Å². The first kappa shape index (κ1) is 13.6. The Kier molecular flexibility index (Phi) is 8.32. The largest absolute Gasteiger partial charge is 0.521 e. The van der Waals surface area contributed by atoms with Gasteiger partial charge in [0.1, 0.15) is 0 Å². The fourth-order valence-corrected chi connectivity index (χ4v) is 1.88. The van der Waals surface area contributed by atoms with Crippen molar-refractivity contribution in [2.45, 2.75) is 39.5 Å². The summed E-state index contributed by atoms with van der Waals surface area (Å²) in [4.78, 5) is 9.40. The van der Waals surface area contributed by atoms with E-state index in [-0.39, 0.29) is 0 Å². The molecule has 3 nitrogen and oxygen atoms in total. The Morgan fingerprint density at radius 1 is 1.08 bits per heavy atom. The van der Waals surface area contributed by atoms with E-state index in [2.05, 4.69) is 0 Å². The van der Waals surface area contributed by atoms with Crippen molar-refractivity contribution in [2.24, 2.45) is 0 Å². The first-order valence-corrected chi connectivity index (χ1v) is 7.21. The SMILES string of the molecule is CCCCO[P+](O)(Cl)OCCCC. The molecule has 0 aromatic rings. The minimum atomic E-state index is -3.03. The van der Waals surface area contributed by atoms with Crippen LogP contribution in [0.1, 0.15) is 39.5 Å². The van der Waals surface area contributed by atoms with Crippen molar-refractivity contribution in [1.82, 2.24) is 0 Å². The zero-order chi connectivity index (χ0) is 10.2. The average Bonchev–Trinajstić information content (AvgIpc) is 2.05. The van der Waals surface area contributed by atoms with Crippen LogP contribution in [0.3, 0.4) is 0 Å². The van der Waals surface area contributed by atoms with Crippen molar-refractivity contribution in [2.75, 3.05) is 13.2 Å². The van der Waals surface area contributed by atoms with Crippen LogP contribution in [0.2, 0.25) is 0 Å². The van der Waals surface area contributed by atoms with Gasteiger partial charge < -0.3 is 0 Å². The molecular formula is C8H19ClO3P+. The summed E-state index contributed by atoms with van der Waals surface area (Å²) in [5.74, 6) is 0. The van der Waals surface area contributed by atoms with Gasteiger partial charge in [-0.05, 0) is 12.8 Å². The first-order valence-electron chi connectivity index (χ1n) is 4.73. The van der Waals surface area contributed by atoms with E-state index in [1.165, 1.54) is 0 Å². The van der Waals surface area contributed by atoms with Crippen molar-refractivity contribution >= 4 is 18.5 Å². The minimum Gasteiger partial charge on any atom is -0.178 e. The molecule has 0 spiro atoms. The van der Waals surface area contributed by atoms with Crippen LogP contribution in [0.4, 0.5) is 0 Å². The summed E-state index contributed by atoms with van der Waals surface area (Å²) in [6.45, 7) is 5.03. The molecule has 0 aromatic carbocycles. The smallest absolute Gasteiger partial charge is 0.178 e. The maximum absolute atomic E-state index is 9.40. The van der Waals surface area contributed by atoms with Gasteiger partial charge in [0.25, 0.3) is 0 Å². The van der Waals surface area contributed by atoms with Gasteiger partial charge in [0, 0.05) is 0 Å². The fourth-order valence-electron chi connectivity index (χ4n) is 0.680. The Morgan fingerprint density at radius 3 is 1.77 bits per heavy atom. The van der Waals surface area contributed by atoms with Crippen LogP contribution in [0.5, 0.6) is 0 Å². The summed E-state index contributed by atoms with van der Waals surface area (Å²) >= 11 is 5.63. The van der Waals surface area contributed by atoms with Gasteiger partial charge in [0.05, 0.1) is 13.2 Å². The maximum atomic E-state index is 9.40. The van der Waals surface area contributed by atoms with Crippen LogP contribution in [0, 0.1) is 0 Å². The molecule has 80 valence electrons. The molecule has 1 N–H and O–H groups in total. The van der Waals surface area contributed by atoms with E-state index in [0.29, 0.717) is 13.2 Å². The van der Waals surface area contributed by atoms with Gasteiger partial charge >= 0.3 is 7.30 Å². The maximum Gasteiger partial charge on any atom is 0.521 e. The van der Waals surface area contributed by atoms with Gasteiger partial charge in [-0.3, -0.25) is 0 Å². The topological polar surface area (TPSA) is 38.7 Å². The highest BCUT2D eigenvalue weighted by molar-refractivity contribution is 7.86. The molecule has 0 bridgehead atoms. The molecule has 0 aliphatic carbocycles. The van der Waals surface area contributed by atoms with Crippen LogP contribution < -0.4 is 0 Å². The van der Waals surface area contributed by atoms with E-state index in [4.69, 9.17) is 20.3 Å². The lowest BCUT2D eigenvalue weighted by molar-refractivity contribution is 0.187. The van der Waals surface area contributed by atoms with Crippen LogP contribution in [-0.4, -0.2) is 18.1 Å². The zero-order valence-electron chi connectivity index (χ0n) is 8.33. The third-order valence-electron chi connectivity index (χ3n) is 1.50. The highest BCUT2D eigenvalue weighted by Gasteiger charge is 2.39. The van der Waals surface area contributed by atoms with Crippen molar-refractivity contribution < 1.29 is 13.9 Å². The normalized spacial score (nSPS) is 12.0. The van der Waals surface area contributed by atoms with Crippen LogP contribution >= 0.6 is 18.5 Å². The Bertz CT molecular complexity index is 110. The minimum absolute atomic E-state index is 0.469. The molecule has 0 rings (SSSR count). The van der Waals surface area contributed by atoms with Crippen molar-refractivity contribution in [3.63, 3.8) is 0 Å². The quantitative estimate of drug-likeness (QED) is 0.511. The molecule has 0 unspecified atom stereocenters. The molecule has 0 fully saturated rings. The summed E-state index contributed by atoms with van der Waals surface area (Å²) < 4.78 is 10.1. The van der Waals surface area contributed by atoms with E-state index in [0.717, 1.165) is 25.7 Å². The lowest BCUT2D eigenvalue weighted by atomic mass is 10.4. The van der Waals surface area contributed by atoms with Crippen LogP contribution in [-0.2, 0) is 9.05 Å². The van der Waals surface area contributed by atoms with Gasteiger partial charge in [-0.2, -0.15) is 13.9 Å². The lowest BCUT2D eigenvalue weighted by Gasteiger charge is -2.07. The highest BCUT2D eigenvalue weighted by atomic mass is 35.7. The number of halogens is 1. The Morgan fingerprint density at radius 2 is 1.46 bits per heavy atom. The Balaban J connectivity index is 3.42. The van der Waals surface area contributed by atoms with Gasteiger partial charge in [0.2, 0.25) is 0 Å². The molecule has 0 aliphatic heterocycles. The zero-order valence-corrected chi connectivity index (χ0v) is 9.98. The van der Waals surface area contributed by atoms with E-state index in [9.17, 15) is 4.89 Å². The van der Waals surface area contributed by atoms with Crippen LogP contribution in [0.15, 0.2) is 0 Å². The molecule has 13 heavy (non-hydrogen) atoms. The second-order valence-corrected chi connectivity index (χ2v) is 5.53. The van der Waals surface area contributed by atoms with Crippen molar-refractivity contribution in [3.05, 3.63) is 0 Å². The molecular weight excluding hydrogens is 211 g/mol. The second kappa shape index (κ2) is 7.95. The molecule has 0 saturated carbocycles. The molecule has 0 aromatic heterocycles. The van der Waals surface area contributed by atoms with Gasteiger partial charge in [-0.1, -0.05) is 26.7 Å². The second-order valence-electron chi connectivity index (χ2n) is 2.82. The number of rotatable bonds is 8. The molecule has 0 saturated heterocycles. The highest BCUT2D eigenvalue weighted by Crippen LogP contribution is 2.62. The lowest BCUT2D eigenvalue weighted by Crippen LogP contribution is -1.99. The molecule has 0 radical (unpaired) electrons. The van der Waals surface area contributed by atoms with E-state index >= 15 is 0 Å². The monoisotopic (exact) mass is 229 g/mol. The van der Waals surface area contributed by atoms with Crippen molar-refractivity contribution in [1.29, 1.82) is 0 Å². The standard InChI is InChI=1S/C8H19ClO3P/c1-3-5-7-11-13(9,10)12-8-6-4-2/h10H,3-8H2,1-2H3/q+1. The molecule has 5 heteroatoms. The predicted molar refractivity (Wildman–Crippen MR) is 56.7 cm³/mol. The molecule has 0 heterocycles. The summed E-state index contributed by atoms with van der Waals surface area (Å²) in [5, 5.41) is 0. The summed E-state index contributed by atoms with van der Waals surface area (Å²) in [5.41, 5.74) is 0. The number of unbranched alkanes of at least 4 members (excludes halogenated alkanes) is 2. The first-order chi connectivity index (χ1) is 6.12. The average molecular weight is 230 g/mol. The Hall–Kier alpha value is 0.600.